The maximum Gasteiger partial charge on any atom is 0.513 e. The van der Waals surface area contributed by atoms with Crippen molar-refractivity contribution in [2.24, 2.45) is 16.6 Å². The zero-order chi connectivity index (χ0) is 29.1. The second kappa shape index (κ2) is 14.6. The largest absolute Gasteiger partial charge is 0.513 e. The molecule has 0 aromatic heterocycles. The van der Waals surface area contributed by atoms with Crippen molar-refractivity contribution in [3.63, 3.8) is 0 Å². The van der Waals surface area contributed by atoms with Crippen molar-refractivity contribution in [3.05, 3.63) is 23.8 Å². The molecule has 11 nitrogen and oxygen atoms in total. The van der Waals surface area contributed by atoms with Gasteiger partial charge in [-0.1, -0.05) is 54.5 Å². The second-order valence-electron chi connectivity index (χ2n) is 11.3. The fraction of sp³-hybridized carbons (Fsp3) is 0.630. The molecule has 11 heteroatoms. The summed E-state index contributed by atoms with van der Waals surface area (Å²) >= 11 is 0. The molecular weight excluding hydrogens is 498 g/mol. The second-order valence-corrected chi connectivity index (χ2v) is 11.3. The van der Waals surface area contributed by atoms with Crippen LogP contribution in [0.3, 0.4) is 0 Å². The van der Waals surface area contributed by atoms with E-state index in [1.54, 1.807) is 19.9 Å². The van der Waals surface area contributed by atoms with Gasteiger partial charge in [-0.2, -0.15) is 0 Å². The summed E-state index contributed by atoms with van der Waals surface area (Å²) < 4.78 is 31.0. The van der Waals surface area contributed by atoms with Crippen LogP contribution in [0.5, 0.6) is 11.5 Å². The van der Waals surface area contributed by atoms with Gasteiger partial charge < -0.3 is 34.2 Å². The Morgan fingerprint density at radius 3 is 1.87 bits per heavy atom. The molecule has 0 heterocycles. The molecule has 0 saturated heterocycles. The zero-order valence-corrected chi connectivity index (χ0v) is 23.6. The van der Waals surface area contributed by atoms with E-state index < -0.39 is 36.4 Å². The van der Waals surface area contributed by atoms with Crippen LogP contribution in [0, 0.1) is 10.8 Å². The van der Waals surface area contributed by atoms with Crippen molar-refractivity contribution >= 4 is 24.2 Å². The Balaban J connectivity index is 2.95. The third-order valence-corrected chi connectivity index (χ3v) is 4.48. The maximum atomic E-state index is 12.3. The lowest BCUT2D eigenvalue weighted by molar-refractivity contribution is -0.158. The van der Waals surface area contributed by atoms with Crippen molar-refractivity contribution in [2.75, 3.05) is 19.8 Å². The summed E-state index contributed by atoms with van der Waals surface area (Å²) in [6.45, 7) is 14.6. The number of carbonyl (C=O) groups excluding carboxylic acids is 4. The molecule has 0 radical (unpaired) electrons. The number of hydrogen-bond donors (Lipinski definition) is 1. The first kappa shape index (κ1) is 32.7. The predicted molar refractivity (Wildman–Crippen MR) is 138 cm³/mol. The van der Waals surface area contributed by atoms with E-state index in [0.717, 1.165) is 0 Å². The molecule has 1 aromatic carbocycles. The zero-order valence-electron chi connectivity index (χ0n) is 23.6. The monoisotopic (exact) mass is 539 g/mol. The first-order chi connectivity index (χ1) is 17.5. The number of ether oxygens (including phenoxy) is 6. The van der Waals surface area contributed by atoms with Gasteiger partial charge in [0.05, 0.1) is 13.2 Å². The Morgan fingerprint density at radius 1 is 0.842 bits per heavy atom. The van der Waals surface area contributed by atoms with Gasteiger partial charge in [0, 0.05) is 6.42 Å². The average molecular weight is 540 g/mol. The van der Waals surface area contributed by atoms with Crippen LogP contribution in [0.15, 0.2) is 18.2 Å². The van der Waals surface area contributed by atoms with E-state index in [0.29, 0.717) is 5.56 Å². The van der Waals surface area contributed by atoms with Gasteiger partial charge in [-0.15, -0.1) is 0 Å². The van der Waals surface area contributed by atoms with Crippen molar-refractivity contribution in [3.8, 4) is 11.5 Å². The smallest absolute Gasteiger partial charge is 0.461 e. The van der Waals surface area contributed by atoms with E-state index >= 15 is 0 Å². The summed E-state index contributed by atoms with van der Waals surface area (Å²) in [5.74, 6) is -1.31. The van der Waals surface area contributed by atoms with Crippen LogP contribution < -0.4 is 15.2 Å². The quantitative estimate of drug-likeness (QED) is 0.239. The molecule has 0 amide bonds. The third kappa shape index (κ3) is 13.8. The van der Waals surface area contributed by atoms with Crippen LogP contribution in [0.25, 0.3) is 0 Å². The van der Waals surface area contributed by atoms with Gasteiger partial charge in [-0.25, -0.2) is 9.59 Å². The molecule has 1 aromatic rings. The van der Waals surface area contributed by atoms with Gasteiger partial charge in [0.25, 0.3) is 0 Å². The molecule has 1 rings (SSSR count). The molecule has 0 aliphatic rings. The minimum absolute atomic E-state index is 0.0180. The number of hydrogen-bond acceptors (Lipinski definition) is 11. The molecule has 0 fully saturated rings. The number of nitrogens with two attached hydrogens (primary N) is 1. The van der Waals surface area contributed by atoms with E-state index in [9.17, 15) is 19.2 Å². The summed E-state index contributed by atoms with van der Waals surface area (Å²) in [6, 6.07) is 3.29. The van der Waals surface area contributed by atoms with Crippen molar-refractivity contribution in [2.45, 2.75) is 80.4 Å². The first-order valence-electron chi connectivity index (χ1n) is 12.4. The first-order valence-corrected chi connectivity index (χ1v) is 12.4. The molecule has 2 atom stereocenters. The lowest BCUT2D eigenvalue weighted by Gasteiger charge is -2.19. The predicted octanol–water partition coefficient (Wildman–Crippen LogP) is 4.56. The normalized spacial score (nSPS) is 13.1. The van der Waals surface area contributed by atoms with E-state index in [-0.39, 0.29) is 55.0 Å². The van der Waals surface area contributed by atoms with Gasteiger partial charge in [0.1, 0.15) is 18.8 Å². The Kier molecular flexibility index (Phi) is 12.5. The van der Waals surface area contributed by atoms with E-state index in [2.05, 4.69) is 0 Å². The molecular formula is C27H41NO10. The number of rotatable bonds is 11. The number of benzene rings is 1. The highest BCUT2D eigenvalue weighted by atomic mass is 16.7. The molecule has 0 aliphatic heterocycles. The third-order valence-electron chi connectivity index (χ3n) is 4.48. The van der Waals surface area contributed by atoms with E-state index in [4.69, 9.17) is 34.2 Å². The Bertz CT molecular complexity index is 962. The van der Waals surface area contributed by atoms with Gasteiger partial charge in [-0.3, -0.25) is 9.59 Å². The summed E-state index contributed by atoms with van der Waals surface area (Å²) in [7, 11) is 0. The van der Waals surface area contributed by atoms with Crippen LogP contribution in [-0.2, 0) is 35.0 Å². The standard InChI is InChI=1S/C27H41NO10/c1-9-22(29)36-17(2)14-33-23(30)19(28)12-18-10-11-20(37-24(31)34-15-26(3,4)5)21(13-18)38-25(32)35-16-27(6,7)8/h10-11,13,17,19H,9,12,14-16,28H2,1-8H3/t17-,19-/m0/s1. The lowest BCUT2D eigenvalue weighted by Crippen LogP contribution is -2.36. The minimum Gasteiger partial charge on any atom is -0.461 e. The maximum absolute atomic E-state index is 12.3. The van der Waals surface area contributed by atoms with Gasteiger partial charge >= 0.3 is 24.2 Å². The van der Waals surface area contributed by atoms with Crippen LogP contribution in [0.2, 0.25) is 0 Å². The van der Waals surface area contributed by atoms with Crippen LogP contribution in [-0.4, -0.2) is 56.2 Å². The molecule has 0 aliphatic carbocycles. The topological polar surface area (TPSA) is 150 Å². The lowest BCUT2D eigenvalue weighted by atomic mass is 9.99. The summed E-state index contributed by atoms with van der Waals surface area (Å²) in [4.78, 5) is 48.2. The van der Waals surface area contributed by atoms with Crippen molar-refractivity contribution in [1.82, 2.24) is 0 Å². The SMILES string of the molecule is CCC(=O)O[C@@H](C)COC(=O)[C@@H](N)Cc1ccc(OC(=O)OCC(C)(C)C)c(OC(=O)OCC(C)(C)C)c1. The highest BCUT2D eigenvalue weighted by Crippen LogP contribution is 2.30. The minimum atomic E-state index is -1.06. The molecule has 38 heavy (non-hydrogen) atoms. The van der Waals surface area contributed by atoms with E-state index in [1.165, 1.54) is 12.1 Å². The van der Waals surface area contributed by atoms with Gasteiger partial charge in [-0.05, 0) is 41.9 Å². The fourth-order valence-electron chi connectivity index (χ4n) is 2.62. The average Bonchev–Trinajstić information content (AvgIpc) is 2.80. The van der Waals surface area contributed by atoms with E-state index in [1.807, 2.05) is 41.5 Å². The van der Waals surface area contributed by atoms with Crippen LogP contribution >= 0.6 is 0 Å². The Labute approximate surface area is 224 Å². The highest BCUT2D eigenvalue weighted by molar-refractivity contribution is 5.76. The Hall–Kier alpha value is -3.34. The van der Waals surface area contributed by atoms with Crippen LogP contribution in [0.4, 0.5) is 9.59 Å². The van der Waals surface area contributed by atoms with Crippen LogP contribution in [0.1, 0.15) is 67.4 Å². The molecule has 2 N–H and O–H groups in total. The summed E-state index contributed by atoms with van der Waals surface area (Å²) in [5.41, 5.74) is 5.91. The molecule has 0 unspecified atom stereocenters. The van der Waals surface area contributed by atoms with Gasteiger partial charge in [0.15, 0.2) is 11.5 Å². The number of carbonyl (C=O) groups is 4. The molecule has 214 valence electrons. The summed E-state index contributed by atoms with van der Waals surface area (Å²) in [5, 5.41) is 0. The van der Waals surface area contributed by atoms with Crippen molar-refractivity contribution in [1.29, 1.82) is 0 Å². The highest BCUT2D eigenvalue weighted by Gasteiger charge is 2.23. The Morgan fingerprint density at radius 2 is 1.37 bits per heavy atom. The summed E-state index contributed by atoms with van der Waals surface area (Å²) in [6.07, 6.45) is -2.36. The van der Waals surface area contributed by atoms with Gasteiger partial charge in [0.2, 0.25) is 0 Å². The molecule has 0 saturated carbocycles. The van der Waals surface area contributed by atoms with Crippen molar-refractivity contribution < 1.29 is 47.6 Å². The molecule has 0 bridgehead atoms. The fourth-order valence-corrected chi connectivity index (χ4v) is 2.62. The number of esters is 2. The molecule has 0 spiro atoms.